The lowest BCUT2D eigenvalue weighted by molar-refractivity contribution is 0.402. The lowest BCUT2D eigenvalue weighted by atomic mass is 10.0. The van der Waals surface area contributed by atoms with Gasteiger partial charge in [0.15, 0.2) is 0 Å². The maximum absolute atomic E-state index is 9.68. The molecule has 3 aromatic rings. The zero-order chi connectivity index (χ0) is 19.4. The highest BCUT2D eigenvalue weighted by molar-refractivity contribution is 7.11. The molecule has 0 aliphatic heterocycles. The molecule has 2 aromatic carbocycles. The molecule has 1 heterocycles. The van der Waals surface area contributed by atoms with Gasteiger partial charge in [-0.15, -0.1) is 11.3 Å². The Kier molecular flexibility index (Phi) is 5.58. The van der Waals surface area contributed by atoms with Crippen molar-refractivity contribution in [1.82, 2.24) is 4.98 Å². The smallest absolute Gasteiger partial charge is 0.134 e. The van der Waals surface area contributed by atoms with Crippen LogP contribution in [0.4, 0.5) is 0 Å². The van der Waals surface area contributed by atoms with E-state index in [9.17, 15) is 5.26 Å². The molecule has 27 heavy (non-hydrogen) atoms. The molecule has 0 aliphatic rings. The van der Waals surface area contributed by atoms with Crippen LogP contribution in [-0.2, 0) is 0 Å². The molecular weight excluding hydrogens is 356 g/mol. The van der Waals surface area contributed by atoms with Crippen LogP contribution in [-0.4, -0.2) is 19.2 Å². The van der Waals surface area contributed by atoms with Crippen LogP contribution in [0.25, 0.3) is 22.9 Å². The molecule has 136 valence electrons. The molecule has 0 radical (unpaired) electrons. The summed E-state index contributed by atoms with van der Waals surface area (Å²) in [6, 6.07) is 14.0. The lowest BCUT2D eigenvalue weighted by Gasteiger charge is -2.07. The van der Waals surface area contributed by atoms with Crippen molar-refractivity contribution in [2.24, 2.45) is 0 Å². The molecule has 5 heteroatoms. The Morgan fingerprint density at radius 3 is 2.59 bits per heavy atom. The van der Waals surface area contributed by atoms with Crippen LogP contribution >= 0.6 is 11.3 Å². The normalized spacial score (nSPS) is 11.1. The maximum Gasteiger partial charge on any atom is 0.134 e. The van der Waals surface area contributed by atoms with Crippen LogP contribution in [0.1, 0.15) is 21.7 Å². The third-order valence-corrected chi connectivity index (χ3v) is 5.13. The summed E-state index contributed by atoms with van der Waals surface area (Å²) in [6.07, 6.45) is 1.78. The summed E-state index contributed by atoms with van der Waals surface area (Å²) in [7, 11) is 3.21. The van der Waals surface area contributed by atoms with Crippen molar-refractivity contribution in [3.8, 4) is 28.8 Å². The summed E-state index contributed by atoms with van der Waals surface area (Å²) in [6.45, 7) is 4.14. The summed E-state index contributed by atoms with van der Waals surface area (Å²) >= 11 is 1.46. The molecular formula is C22H20N2O2S. The van der Waals surface area contributed by atoms with Gasteiger partial charge in [-0.2, -0.15) is 5.26 Å². The SMILES string of the molecule is COc1ccc(OC)c(C=C(C#N)c2nc(-c3ccc(C)cc3C)cs2)c1. The Bertz CT molecular complexity index is 1040. The number of ether oxygens (including phenoxy) is 2. The topological polar surface area (TPSA) is 55.1 Å². The highest BCUT2D eigenvalue weighted by Crippen LogP contribution is 2.32. The summed E-state index contributed by atoms with van der Waals surface area (Å²) in [5.41, 5.74) is 5.61. The second-order valence-corrected chi connectivity index (χ2v) is 6.99. The number of benzene rings is 2. The first-order chi connectivity index (χ1) is 13.0. The Balaban J connectivity index is 2.01. The number of thiazole rings is 1. The van der Waals surface area contributed by atoms with Gasteiger partial charge in [0.05, 0.1) is 25.5 Å². The van der Waals surface area contributed by atoms with Crippen LogP contribution < -0.4 is 9.47 Å². The van der Waals surface area contributed by atoms with Crippen molar-refractivity contribution >= 4 is 23.0 Å². The van der Waals surface area contributed by atoms with Crippen molar-refractivity contribution in [2.45, 2.75) is 13.8 Å². The van der Waals surface area contributed by atoms with E-state index in [-0.39, 0.29) is 0 Å². The minimum Gasteiger partial charge on any atom is -0.497 e. The summed E-state index contributed by atoms with van der Waals surface area (Å²) < 4.78 is 10.7. The second kappa shape index (κ2) is 8.07. The van der Waals surface area contributed by atoms with Crippen LogP contribution in [0.3, 0.4) is 0 Å². The molecule has 0 aliphatic carbocycles. The fraction of sp³-hybridized carbons (Fsp3) is 0.182. The highest BCUT2D eigenvalue weighted by Gasteiger charge is 2.12. The average Bonchev–Trinajstić information content (AvgIpc) is 3.15. The fourth-order valence-corrected chi connectivity index (χ4v) is 3.66. The van der Waals surface area contributed by atoms with E-state index in [0.717, 1.165) is 16.8 Å². The summed E-state index contributed by atoms with van der Waals surface area (Å²) in [5, 5.41) is 12.3. The van der Waals surface area contributed by atoms with Gasteiger partial charge in [0, 0.05) is 16.5 Å². The van der Waals surface area contributed by atoms with Gasteiger partial charge in [-0.05, 0) is 43.7 Å². The summed E-state index contributed by atoms with van der Waals surface area (Å²) in [4.78, 5) is 4.69. The lowest BCUT2D eigenvalue weighted by Crippen LogP contribution is -1.91. The molecule has 0 unspecified atom stereocenters. The first-order valence-corrected chi connectivity index (χ1v) is 9.31. The van der Waals surface area contributed by atoms with E-state index in [1.54, 1.807) is 20.3 Å². The maximum atomic E-state index is 9.68. The van der Waals surface area contributed by atoms with Gasteiger partial charge < -0.3 is 9.47 Å². The zero-order valence-corrected chi connectivity index (χ0v) is 16.6. The molecule has 0 saturated carbocycles. The van der Waals surface area contributed by atoms with Crippen molar-refractivity contribution in [3.05, 3.63) is 63.5 Å². The van der Waals surface area contributed by atoms with Crippen LogP contribution in [0, 0.1) is 25.2 Å². The number of rotatable bonds is 5. The van der Waals surface area contributed by atoms with E-state index in [2.05, 4.69) is 38.1 Å². The van der Waals surface area contributed by atoms with E-state index in [0.29, 0.717) is 22.1 Å². The van der Waals surface area contributed by atoms with E-state index in [1.807, 2.05) is 23.6 Å². The standard InChI is InChI=1S/C22H20N2O2S/c1-14-5-7-19(15(2)9-14)20-13-27-22(24-20)17(12-23)10-16-11-18(25-3)6-8-21(16)26-4/h5-11,13H,1-4H3. The van der Waals surface area contributed by atoms with Gasteiger partial charge in [0.2, 0.25) is 0 Å². The molecule has 4 nitrogen and oxygen atoms in total. The largest absolute Gasteiger partial charge is 0.497 e. The first-order valence-electron chi connectivity index (χ1n) is 8.43. The van der Waals surface area contributed by atoms with Crippen molar-refractivity contribution in [1.29, 1.82) is 5.26 Å². The molecule has 1 aromatic heterocycles. The quantitative estimate of drug-likeness (QED) is 0.551. The van der Waals surface area contributed by atoms with Gasteiger partial charge in [-0.3, -0.25) is 0 Å². The average molecular weight is 376 g/mol. The van der Waals surface area contributed by atoms with E-state index in [1.165, 1.54) is 22.5 Å². The fourth-order valence-electron chi connectivity index (χ4n) is 2.87. The van der Waals surface area contributed by atoms with Gasteiger partial charge >= 0.3 is 0 Å². The molecule has 3 rings (SSSR count). The molecule has 0 atom stereocenters. The number of aryl methyl sites for hydroxylation is 2. The van der Waals surface area contributed by atoms with Crippen LogP contribution in [0.2, 0.25) is 0 Å². The van der Waals surface area contributed by atoms with Crippen molar-refractivity contribution < 1.29 is 9.47 Å². The zero-order valence-electron chi connectivity index (χ0n) is 15.7. The van der Waals surface area contributed by atoms with Crippen LogP contribution in [0.5, 0.6) is 11.5 Å². The predicted octanol–water partition coefficient (Wildman–Crippen LogP) is 5.51. The number of hydrogen-bond acceptors (Lipinski definition) is 5. The number of methoxy groups -OCH3 is 2. The molecule has 0 bridgehead atoms. The number of aromatic nitrogens is 1. The molecule has 0 saturated heterocycles. The Hall–Kier alpha value is -3.10. The van der Waals surface area contributed by atoms with Gasteiger partial charge in [-0.25, -0.2) is 4.98 Å². The van der Waals surface area contributed by atoms with Gasteiger partial charge in [0.25, 0.3) is 0 Å². The number of hydrogen-bond donors (Lipinski definition) is 0. The number of allylic oxidation sites excluding steroid dienone is 1. The predicted molar refractivity (Wildman–Crippen MR) is 110 cm³/mol. The van der Waals surface area contributed by atoms with E-state index >= 15 is 0 Å². The number of nitrogens with zero attached hydrogens (tertiary/aromatic N) is 2. The van der Waals surface area contributed by atoms with E-state index in [4.69, 9.17) is 14.5 Å². The Morgan fingerprint density at radius 1 is 1.11 bits per heavy atom. The van der Waals surface area contributed by atoms with Gasteiger partial charge in [-0.1, -0.05) is 23.8 Å². The third-order valence-electron chi connectivity index (χ3n) is 4.25. The van der Waals surface area contributed by atoms with Crippen molar-refractivity contribution in [3.63, 3.8) is 0 Å². The van der Waals surface area contributed by atoms with Crippen LogP contribution in [0.15, 0.2) is 41.8 Å². The third kappa shape index (κ3) is 4.02. The number of nitriles is 1. The molecule has 0 N–H and O–H groups in total. The second-order valence-electron chi connectivity index (χ2n) is 6.13. The van der Waals surface area contributed by atoms with Gasteiger partial charge in [0.1, 0.15) is 22.6 Å². The molecule has 0 fully saturated rings. The minimum absolute atomic E-state index is 0.488. The summed E-state index contributed by atoms with van der Waals surface area (Å²) in [5.74, 6) is 1.38. The molecule has 0 spiro atoms. The minimum atomic E-state index is 0.488. The molecule has 0 amide bonds. The monoisotopic (exact) mass is 376 g/mol. The first kappa shape index (κ1) is 18.7. The Morgan fingerprint density at radius 2 is 1.93 bits per heavy atom. The highest BCUT2D eigenvalue weighted by atomic mass is 32.1. The van der Waals surface area contributed by atoms with Crippen molar-refractivity contribution in [2.75, 3.05) is 14.2 Å². The Labute approximate surface area is 163 Å². The van der Waals surface area contributed by atoms with E-state index < -0.39 is 0 Å².